The zero-order valence-electron chi connectivity index (χ0n) is 14.2. The Kier molecular flexibility index (Phi) is 6.07. The molecule has 0 bridgehead atoms. The number of benzene rings is 1. The molecular weight excluding hydrogens is 258 g/mol. The van der Waals surface area contributed by atoms with Crippen molar-refractivity contribution in [2.45, 2.75) is 46.7 Å². The molecule has 1 aromatic rings. The summed E-state index contributed by atoms with van der Waals surface area (Å²) in [6, 6.07) is 7.65. The van der Waals surface area contributed by atoms with Gasteiger partial charge in [-0.3, -0.25) is 4.90 Å². The summed E-state index contributed by atoms with van der Waals surface area (Å²) in [5.74, 6) is 0. The molecule has 1 aliphatic rings. The normalized spacial score (nSPS) is 18.0. The van der Waals surface area contributed by atoms with E-state index < -0.39 is 0 Å². The Morgan fingerprint density at radius 2 is 1.86 bits per heavy atom. The largest absolute Gasteiger partial charge is 0.369 e. The quantitative estimate of drug-likeness (QED) is 0.868. The van der Waals surface area contributed by atoms with Gasteiger partial charge in [-0.15, -0.1) is 0 Å². The van der Waals surface area contributed by atoms with Crippen molar-refractivity contribution in [1.82, 2.24) is 10.2 Å². The summed E-state index contributed by atoms with van der Waals surface area (Å²) in [7, 11) is 0. The first kappa shape index (κ1) is 16.3. The van der Waals surface area contributed by atoms with E-state index in [1.807, 2.05) is 0 Å². The van der Waals surface area contributed by atoms with Gasteiger partial charge in [0.15, 0.2) is 0 Å². The van der Waals surface area contributed by atoms with E-state index in [1.165, 1.54) is 36.3 Å². The minimum atomic E-state index is 0.719. The molecule has 1 N–H and O–H groups in total. The van der Waals surface area contributed by atoms with Crippen LogP contribution in [0.15, 0.2) is 18.2 Å². The number of hydrogen-bond donors (Lipinski definition) is 1. The Bertz CT molecular complexity index is 436. The van der Waals surface area contributed by atoms with Crippen LogP contribution in [0.4, 0.5) is 5.69 Å². The number of aryl methyl sites for hydroxylation is 1. The minimum Gasteiger partial charge on any atom is -0.369 e. The first-order valence-corrected chi connectivity index (χ1v) is 8.45. The number of nitrogens with zero attached hydrogens (tertiary/aromatic N) is 2. The van der Waals surface area contributed by atoms with Crippen molar-refractivity contribution < 1.29 is 0 Å². The van der Waals surface area contributed by atoms with E-state index in [-0.39, 0.29) is 0 Å². The summed E-state index contributed by atoms with van der Waals surface area (Å²) in [4.78, 5) is 5.14. The number of piperazine rings is 1. The van der Waals surface area contributed by atoms with Gasteiger partial charge in [-0.2, -0.15) is 0 Å². The number of hydrogen-bond acceptors (Lipinski definition) is 3. The maximum Gasteiger partial charge on any atom is 0.0369 e. The second-order valence-electron chi connectivity index (χ2n) is 6.17. The fourth-order valence-electron chi connectivity index (χ4n) is 3.01. The van der Waals surface area contributed by atoms with Crippen molar-refractivity contribution in [1.29, 1.82) is 0 Å². The third-order valence-electron chi connectivity index (χ3n) is 4.79. The number of anilines is 1. The molecule has 1 aromatic carbocycles. The summed E-state index contributed by atoms with van der Waals surface area (Å²) in [5, 5.41) is 3.41. The third kappa shape index (κ3) is 4.21. The molecule has 3 nitrogen and oxygen atoms in total. The smallest absolute Gasteiger partial charge is 0.0369 e. The van der Waals surface area contributed by atoms with Gasteiger partial charge in [-0.25, -0.2) is 0 Å². The second kappa shape index (κ2) is 7.81. The van der Waals surface area contributed by atoms with Crippen LogP contribution in [0.5, 0.6) is 0 Å². The van der Waals surface area contributed by atoms with E-state index in [4.69, 9.17) is 0 Å². The lowest BCUT2D eigenvalue weighted by molar-refractivity contribution is 0.193. The molecule has 1 aliphatic heterocycles. The van der Waals surface area contributed by atoms with Crippen LogP contribution < -0.4 is 10.2 Å². The fourth-order valence-corrected chi connectivity index (χ4v) is 3.01. The van der Waals surface area contributed by atoms with Crippen LogP contribution in [-0.4, -0.2) is 43.7 Å². The number of nitrogens with one attached hydrogen (secondary N) is 1. The molecule has 1 atom stereocenters. The Hall–Kier alpha value is -1.06. The maximum atomic E-state index is 3.41. The molecule has 3 heteroatoms. The predicted octanol–water partition coefficient (Wildman–Crippen LogP) is 3.03. The Morgan fingerprint density at radius 3 is 2.43 bits per heavy atom. The molecule has 0 radical (unpaired) electrons. The van der Waals surface area contributed by atoms with Gasteiger partial charge in [0.1, 0.15) is 0 Å². The average molecular weight is 289 g/mol. The van der Waals surface area contributed by atoms with Gasteiger partial charge in [-0.05, 0) is 50.1 Å². The van der Waals surface area contributed by atoms with Gasteiger partial charge in [0, 0.05) is 44.5 Å². The van der Waals surface area contributed by atoms with Gasteiger partial charge >= 0.3 is 0 Å². The summed E-state index contributed by atoms with van der Waals surface area (Å²) in [6.45, 7) is 15.7. The molecule has 0 saturated carbocycles. The third-order valence-corrected chi connectivity index (χ3v) is 4.79. The standard InChI is InChI=1S/C18H31N3/c1-5-16(4)20-9-11-21(12-10-20)18-8-7-17(14-19-6-2)15(3)13-18/h7-8,13,16,19H,5-6,9-12,14H2,1-4H3. The molecule has 1 fully saturated rings. The first-order chi connectivity index (χ1) is 10.2. The summed E-state index contributed by atoms with van der Waals surface area (Å²) in [5.41, 5.74) is 4.20. The highest BCUT2D eigenvalue weighted by Gasteiger charge is 2.20. The summed E-state index contributed by atoms with van der Waals surface area (Å²) >= 11 is 0. The van der Waals surface area contributed by atoms with E-state index in [0.29, 0.717) is 0 Å². The maximum absolute atomic E-state index is 3.41. The SMILES string of the molecule is CCNCc1ccc(N2CCN(C(C)CC)CC2)cc1C. The van der Waals surface area contributed by atoms with Gasteiger partial charge < -0.3 is 10.2 Å². The topological polar surface area (TPSA) is 18.5 Å². The highest BCUT2D eigenvalue weighted by Crippen LogP contribution is 2.21. The van der Waals surface area contributed by atoms with E-state index >= 15 is 0 Å². The minimum absolute atomic E-state index is 0.719. The van der Waals surface area contributed by atoms with Crippen molar-refractivity contribution >= 4 is 5.69 Å². The van der Waals surface area contributed by atoms with E-state index in [0.717, 1.165) is 32.2 Å². The molecule has 118 valence electrons. The lowest BCUT2D eigenvalue weighted by Crippen LogP contribution is -2.49. The van der Waals surface area contributed by atoms with Crippen molar-refractivity contribution in [3.63, 3.8) is 0 Å². The second-order valence-corrected chi connectivity index (χ2v) is 6.17. The van der Waals surface area contributed by atoms with Crippen LogP contribution in [0.3, 0.4) is 0 Å². The molecule has 0 aliphatic carbocycles. The highest BCUT2D eigenvalue weighted by atomic mass is 15.3. The van der Waals surface area contributed by atoms with Gasteiger partial charge in [0.05, 0.1) is 0 Å². The number of rotatable bonds is 6. The van der Waals surface area contributed by atoms with Crippen molar-refractivity contribution in [2.75, 3.05) is 37.6 Å². The Labute approximate surface area is 130 Å². The van der Waals surface area contributed by atoms with Crippen LogP contribution in [0.25, 0.3) is 0 Å². The predicted molar refractivity (Wildman–Crippen MR) is 92.1 cm³/mol. The molecule has 0 amide bonds. The monoisotopic (exact) mass is 289 g/mol. The zero-order valence-corrected chi connectivity index (χ0v) is 14.2. The van der Waals surface area contributed by atoms with Gasteiger partial charge in [-0.1, -0.05) is 19.9 Å². The molecule has 0 spiro atoms. The first-order valence-electron chi connectivity index (χ1n) is 8.45. The Morgan fingerprint density at radius 1 is 1.14 bits per heavy atom. The van der Waals surface area contributed by atoms with Gasteiger partial charge in [0.2, 0.25) is 0 Å². The van der Waals surface area contributed by atoms with Crippen molar-refractivity contribution in [2.24, 2.45) is 0 Å². The molecular formula is C18H31N3. The Balaban J connectivity index is 1.96. The van der Waals surface area contributed by atoms with Gasteiger partial charge in [0.25, 0.3) is 0 Å². The molecule has 1 saturated heterocycles. The van der Waals surface area contributed by atoms with E-state index in [2.05, 4.69) is 61.0 Å². The van der Waals surface area contributed by atoms with E-state index in [9.17, 15) is 0 Å². The van der Waals surface area contributed by atoms with Crippen LogP contribution >= 0.6 is 0 Å². The zero-order chi connectivity index (χ0) is 15.2. The van der Waals surface area contributed by atoms with Crippen LogP contribution in [-0.2, 0) is 6.54 Å². The van der Waals surface area contributed by atoms with Crippen LogP contribution in [0.2, 0.25) is 0 Å². The van der Waals surface area contributed by atoms with Crippen molar-refractivity contribution in [3.8, 4) is 0 Å². The molecule has 0 aromatic heterocycles. The lowest BCUT2D eigenvalue weighted by atomic mass is 10.1. The lowest BCUT2D eigenvalue weighted by Gasteiger charge is -2.39. The highest BCUT2D eigenvalue weighted by molar-refractivity contribution is 5.51. The average Bonchev–Trinajstić information content (AvgIpc) is 2.53. The van der Waals surface area contributed by atoms with Crippen molar-refractivity contribution in [3.05, 3.63) is 29.3 Å². The molecule has 1 heterocycles. The van der Waals surface area contributed by atoms with E-state index in [1.54, 1.807) is 0 Å². The summed E-state index contributed by atoms with van der Waals surface area (Å²) in [6.07, 6.45) is 1.25. The summed E-state index contributed by atoms with van der Waals surface area (Å²) < 4.78 is 0. The van der Waals surface area contributed by atoms with Crippen LogP contribution in [0, 0.1) is 6.92 Å². The van der Waals surface area contributed by atoms with Crippen LogP contribution in [0.1, 0.15) is 38.3 Å². The fraction of sp³-hybridized carbons (Fsp3) is 0.667. The molecule has 2 rings (SSSR count). The molecule has 1 unspecified atom stereocenters. The molecule has 21 heavy (non-hydrogen) atoms.